The average molecular weight is 288 g/mol. The van der Waals surface area contributed by atoms with Crippen molar-refractivity contribution in [1.82, 2.24) is 20.1 Å². The van der Waals surface area contributed by atoms with Crippen molar-refractivity contribution in [2.45, 2.75) is 26.3 Å². The zero-order valence-corrected chi connectivity index (χ0v) is 13.2. The summed E-state index contributed by atoms with van der Waals surface area (Å²) in [6, 6.07) is 7.92. The van der Waals surface area contributed by atoms with Crippen LogP contribution in [-0.4, -0.2) is 28.4 Å². The summed E-state index contributed by atoms with van der Waals surface area (Å²) in [7, 11) is 3.63. The molecule has 2 aromatic rings. The molecule has 0 unspecified atom stereocenters. The maximum Gasteiger partial charge on any atom is 0.213 e. The summed E-state index contributed by atoms with van der Waals surface area (Å²) in [6.45, 7) is 6.11. The van der Waals surface area contributed by atoms with E-state index in [2.05, 4.69) is 35.3 Å². The van der Waals surface area contributed by atoms with E-state index in [1.807, 2.05) is 36.1 Å². The Hall–Kier alpha value is -1.88. The fourth-order valence-electron chi connectivity index (χ4n) is 2.46. The van der Waals surface area contributed by atoms with E-state index < -0.39 is 0 Å². The van der Waals surface area contributed by atoms with E-state index in [0.29, 0.717) is 17.7 Å². The van der Waals surface area contributed by atoms with Crippen molar-refractivity contribution in [2.75, 3.05) is 13.7 Å². The predicted molar refractivity (Wildman–Crippen MR) is 83.3 cm³/mol. The van der Waals surface area contributed by atoms with Crippen LogP contribution < -0.4 is 10.1 Å². The van der Waals surface area contributed by atoms with Crippen molar-refractivity contribution < 1.29 is 4.74 Å². The Kier molecular flexibility index (Phi) is 5.33. The van der Waals surface area contributed by atoms with Crippen LogP contribution in [0.15, 0.2) is 30.5 Å². The second-order valence-electron chi connectivity index (χ2n) is 5.53. The lowest BCUT2D eigenvalue weighted by atomic mass is 9.92. The van der Waals surface area contributed by atoms with Crippen LogP contribution in [0.2, 0.25) is 0 Å². The van der Waals surface area contributed by atoms with Gasteiger partial charge in [-0.25, -0.2) is 4.98 Å². The van der Waals surface area contributed by atoms with Gasteiger partial charge >= 0.3 is 0 Å². The van der Waals surface area contributed by atoms with Crippen molar-refractivity contribution in [1.29, 1.82) is 0 Å². The topological polar surface area (TPSA) is 52.0 Å². The molecule has 21 heavy (non-hydrogen) atoms. The maximum absolute atomic E-state index is 5.14. The van der Waals surface area contributed by atoms with Gasteiger partial charge in [0, 0.05) is 44.0 Å². The Bertz CT molecular complexity index is 565. The van der Waals surface area contributed by atoms with Gasteiger partial charge in [0.15, 0.2) is 0 Å². The number of nitrogens with zero attached hydrogens (tertiary/aromatic N) is 3. The third kappa shape index (κ3) is 4.04. The van der Waals surface area contributed by atoms with Crippen LogP contribution in [0.5, 0.6) is 5.88 Å². The number of methoxy groups -OCH3 is 1. The lowest BCUT2D eigenvalue weighted by molar-refractivity contribution is 0.394. The Labute approximate surface area is 126 Å². The molecule has 0 aliphatic heterocycles. The standard InChI is InChI=1S/C16H24N4O/c1-12(2)14(15-8-9-18-20(15)3)11-17-10-13-6-5-7-16(19-13)21-4/h5-9,12,14,17H,10-11H2,1-4H3/t14-/m1/s1. The normalized spacial score (nSPS) is 12.6. The van der Waals surface area contributed by atoms with Gasteiger partial charge in [-0.1, -0.05) is 19.9 Å². The first-order chi connectivity index (χ1) is 10.1. The van der Waals surface area contributed by atoms with Crippen molar-refractivity contribution >= 4 is 0 Å². The SMILES string of the molecule is COc1cccc(CNC[C@@H](c2ccnn2C)C(C)C)n1. The van der Waals surface area contributed by atoms with E-state index in [1.165, 1.54) is 5.69 Å². The van der Waals surface area contributed by atoms with Gasteiger partial charge in [0.1, 0.15) is 0 Å². The molecule has 0 bridgehead atoms. The number of nitrogens with one attached hydrogen (secondary N) is 1. The fourth-order valence-corrected chi connectivity index (χ4v) is 2.46. The first kappa shape index (κ1) is 15.5. The molecule has 1 atom stereocenters. The number of aryl methyl sites for hydroxylation is 1. The van der Waals surface area contributed by atoms with E-state index in [0.717, 1.165) is 18.8 Å². The molecule has 1 N–H and O–H groups in total. The lowest BCUT2D eigenvalue weighted by Crippen LogP contribution is -2.26. The molecule has 0 aliphatic rings. The minimum absolute atomic E-state index is 0.433. The number of ether oxygens (including phenoxy) is 1. The first-order valence-electron chi connectivity index (χ1n) is 7.30. The zero-order valence-electron chi connectivity index (χ0n) is 13.2. The van der Waals surface area contributed by atoms with E-state index >= 15 is 0 Å². The molecule has 5 nitrogen and oxygen atoms in total. The van der Waals surface area contributed by atoms with Gasteiger partial charge in [0.25, 0.3) is 0 Å². The molecule has 0 saturated carbocycles. The van der Waals surface area contributed by atoms with E-state index in [9.17, 15) is 0 Å². The monoisotopic (exact) mass is 288 g/mol. The highest BCUT2D eigenvalue weighted by Gasteiger charge is 2.18. The van der Waals surface area contributed by atoms with Crippen molar-refractivity contribution in [3.05, 3.63) is 41.9 Å². The number of hydrogen-bond acceptors (Lipinski definition) is 4. The summed E-state index contributed by atoms with van der Waals surface area (Å²) in [5, 5.41) is 7.76. The molecule has 5 heteroatoms. The highest BCUT2D eigenvalue weighted by Crippen LogP contribution is 2.23. The minimum atomic E-state index is 0.433. The van der Waals surface area contributed by atoms with Crippen LogP contribution in [0.3, 0.4) is 0 Å². The van der Waals surface area contributed by atoms with Gasteiger partial charge < -0.3 is 10.1 Å². The fraction of sp³-hybridized carbons (Fsp3) is 0.500. The van der Waals surface area contributed by atoms with Crippen molar-refractivity contribution in [3.63, 3.8) is 0 Å². The summed E-state index contributed by atoms with van der Waals surface area (Å²) >= 11 is 0. The molecular weight excluding hydrogens is 264 g/mol. The van der Waals surface area contributed by atoms with Gasteiger partial charge in [-0.3, -0.25) is 4.68 Å². The first-order valence-corrected chi connectivity index (χ1v) is 7.30. The number of pyridine rings is 1. The molecule has 0 spiro atoms. The predicted octanol–water partition coefficient (Wildman–Crippen LogP) is 2.35. The average Bonchev–Trinajstić information content (AvgIpc) is 2.89. The summed E-state index contributed by atoms with van der Waals surface area (Å²) in [6.07, 6.45) is 1.86. The van der Waals surface area contributed by atoms with Crippen molar-refractivity contribution in [2.24, 2.45) is 13.0 Å². The molecule has 0 fully saturated rings. The number of aromatic nitrogens is 3. The van der Waals surface area contributed by atoms with Gasteiger partial charge in [-0.2, -0.15) is 5.10 Å². The molecule has 114 valence electrons. The molecule has 0 aliphatic carbocycles. The molecule has 2 aromatic heterocycles. The third-order valence-corrected chi connectivity index (χ3v) is 3.70. The number of hydrogen-bond donors (Lipinski definition) is 1. The van der Waals surface area contributed by atoms with Gasteiger partial charge in [-0.05, 0) is 18.1 Å². The van der Waals surface area contributed by atoms with E-state index in [-0.39, 0.29) is 0 Å². The summed E-state index contributed by atoms with van der Waals surface area (Å²) < 4.78 is 7.10. The highest BCUT2D eigenvalue weighted by molar-refractivity contribution is 5.15. The minimum Gasteiger partial charge on any atom is -0.481 e. The Morgan fingerprint density at radius 3 is 2.71 bits per heavy atom. The van der Waals surface area contributed by atoms with Gasteiger partial charge in [0.2, 0.25) is 5.88 Å². The van der Waals surface area contributed by atoms with Crippen LogP contribution in [0.1, 0.15) is 31.2 Å². The smallest absolute Gasteiger partial charge is 0.213 e. The molecule has 2 rings (SSSR count). The molecular formula is C16H24N4O. The maximum atomic E-state index is 5.14. The summed E-state index contributed by atoms with van der Waals surface area (Å²) in [5.41, 5.74) is 2.25. The van der Waals surface area contributed by atoms with Crippen LogP contribution >= 0.6 is 0 Å². The largest absolute Gasteiger partial charge is 0.481 e. The second-order valence-corrected chi connectivity index (χ2v) is 5.53. The van der Waals surface area contributed by atoms with E-state index in [4.69, 9.17) is 4.74 Å². The quantitative estimate of drug-likeness (QED) is 0.849. The van der Waals surface area contributed by atoms with Crippen LogP contribution in [0, 0.1) is 5.92 Å². The third-order valence-electron chi connectivity index (χ3n) is 3.70. The molecule has 2 heterocycles. The Morgan fingerprint density at radius 1 is 1.29 bits per heavy atom. The summed E-state index contributed by atoms with van der Waals surface area (Å²) in [5.74, 6) is 1.63. The van der Waals surface area contributed by atoms with Gasteiger partial charge in [0.05, 0.1) is 12.8 Å². The molecule has 0 amide bonds. The van der Waals surface area contributed by atoms with Crippen LogP contribution in [-0.2, 0) is 13.6 Å². The highest BCUT2D eigenvalue weighted by atomic mass is 16.5. The Balaban J connectivity index is 1.95. The van der Waals surface area contributed by atoms with Crippen molar-refractivity contribution in [3.8, 4) is 5.88 Å². The molecule has 0 radical (unpaired) electrons. The second kappa shape index (κ2) is 7.22. The zero-order chi connectivity index (χ0) is 15.2. The number of rotatable bonds is 7. The van der Waals surface area contributed by atoms with Gasteiger partial charge in [-0.15, -0.1) is 0 Å². The van der Waals surface area contributed by atoms with Crippen LogP contribution in [0.4, 0.5) is 0 Å². The lowest BCUT2D eigenvalue weighted by Gasteiger charge is -2.21. The summed E-state index contributed by atoms with van der Waals surface area (Å²) in [4.78, 5) is 4.41. The Morgan fingerprint density at radius 2 is 2.10 bits per heavy atom. The molecule has 0 saturated heterocycles. The van der Waals surface area contributed by atoms with Crippen LogP contribution in [0.25, 0.3) is 0 Å². The molecule has 0 aromatic carbocycles. The van der Waals surface area contributed by atoms with E-state index in [1.54, 1.807) is 7.11 Å².